The number of aromatic hydroxyl groups is 1. The van der Waals surface area contributed by atoms with Crippen LogP contribution in [0.3, 0.4) is 0 Å². The average molecular weight is 421 g/mol. The number of nitrogens with zero attached hydrogens (tertiary/aromatic N) is 2. The Bertz CT molecular complexity index is 1160. The van der Waals surface area contributed by atoms with E-state index in [0.29, 0.717) is 22.6 Å². The number of methoxy groups -OCH3 is 2. The largest absolute Gasteiger partial charge is 0.502 e. The number of carboxylic acid groups (broad SMARTS) is 1. The van der Waals surface area contributed by atoms with Crippen molar-refractivity contribution in [2.75, 3.05) is 20.0 Å². The van der Waals surface area contributed by atoms with Crippen molar-refractivity contribution in [3.8, 4) is 51.5 Å². The standard InChI is InChI=1S/C21H17N3O4.CH2O2/c1-26-16-7-11(8-17(27-2)20(16)25)18-13(9-22)21(23)24-19-12-5-3-4-6-15(12)28-10-14(18)19;2-1-3/h3-8,25H,10H2,1-2H3,(H2,23,24);1H,(H,2,3). The van der Waals surface area contributed by atoms with E-state index in [1.54, 1.807) is 12.1 Å². The average Bonchev–Trinajstić information content (AvgIpc) is 2.79. The van der Waals surface area contributed by atoms with Crippen molar-refractivity contribution in [3.05, 3.63) is 47.5 Å². The van der Waals surface area contributed by atoms with E-state index in [1.807, 2.05) is 24.3 Å². The first-order valence-electron chi connectivity index (χ1n) is 8.98. The molecule has 1 aromatic heterocycles. The molecule has 0 bridgehead atoms. The zero-order valence-corrected chi connectivity index (χ0v) is 16.7. The van der Waals surface area contributed by atoms with Crippen molar-refractivity contribution in [1.29, 1.82) is 5.26 Å². The van der Waals surface area contributed by atoms with E-state index in [9.17, 15) is 10.4 Å². The molecule has 0 aliphatic carbocycles. The molecule has 3 aromatic rings. The topological polar surface area (TPSA) is 148 Å². The quantitative estimate of drug-likeness (QED) is 0.542. The van der Waals surface area contributed by atoms with E-state index >= 15 is 0 Å². The number of hydrogen-bond acceptors (Lipinski definition) is 8. The molecule has 0 radical (unpaired) electrons. The Kier molecular flexibility index (Phi) is 6.12. The highest BCUT2D eigenvalue weighted by Gasteiger charge is 2.27. The molecule has 1 aliphatic heterocycles. The van der Waals surface area contributed by atoms with Gasteiger partial charge in [0.15, 0.2) is 11.5 Å². The molecule has 2 aromatic carbocycles. The number of hydrogen-bond donors (Lipinski definition) is 3. The summed E-state index contributed by atoms with van der Waals surface area (Å²) in [7, 11) is 2.89. The molecule has 0 saturated carbocycles. The third-order valence-corrected chi connectivity index (χ3v) is 4.72. The van der Waals surface area contributed by atoms with Gasteiger partial charge in [-0.1, -0.05) is 12.1 Å². The van der Waals surface area contributed by atoms with Gasteiger partial charge in [0.05, 0.1) is 19.9 Å². The maximum absolute atomic E-state index is 10.2. The number of rotatable bonds is 3. The molecule has 0 unspecified atom stereocenters. The van der Waals surface area contributed by atoms with Gasteiger partial charge in [0, 0.05) is 16.7 Å². The number of pyridine rings is 1. The van der Waals surface area contributed by atoms with Crippen molar-refractivity contribution in [2.45, 2.75) is 6.61 Å². The number of para-hydroxylation sites is 1. The van der Waals surface area contributed by atoms with E-state index in [0.717, 1.165) is 11.1 Å². The SMILES string of the molecule is COc1cc(-c2c(C#N)c(N)nc3c2COc2ccccc2-3)cc(OC)c1O.O=CO. The van der Waals surface area contributed by atoms with Gasteiger partial charge < -0.3 is 30.2 Å². The molecule has 0 spiro atoms. The lowest BCUT2D eigenvalue weighted by atomic mass is 9.90. The van der Waals surface area contributed by atoms with Gasteiger partial charge in [-0.15, -0.1) is 0 Å². The molecular weight excluding hydrogens is 402 g/mol. The second kappa shape index (κ2) is 8.92. The van der Waals surface area contributed by atoms with E-state index in [1.165, 1.54) is 14.2 Å². The van der Waals surface area contributed by atoms with Crippen LogP contribution in [0.4, 0.5) is 5.82 Å². The van der Waals surface area contributed by atoms with Gasteiger partial charge in [-0.25, -0.2) is 4.98 Å². The summed E-state index contributed by atoms with van der Waals surface area (Å²) < 4.78 is 16.4. The number of ether oxygens (including phenoxy) is 3. The fourth-order valence-corrected chi connectivity index (χ4v) is 3.41. The zero-order chi connectivity index (χ0) is 22.5. The minimum Gasteiger partial charge on any atom is -0.502 e. The van der Waals surface area contributed by atoms with Crippen molar-refractivity contribution < 1.29 is 29.2 Å². The van der Waals surface area contributed by atoms with Crippen LogP contribution in [0.1, 0.15) is 11.1 Å². The summed E-state index contributed by atoms with van der Waals surface area (Å²) in [5.41, 5.74) is 9.76. The number of benzene rings is 2. The molecule has 9 nitrogen and oxygen atoms in total. The predicted octanol–water partition coefficient (Wildman–Crippen LogP) is 3.19. The predicted molar refractivity (Wildman–Crippen MR) is 112 cm³/mol. The molecule has 0 amide bonds. The van der Waals surface area contributed by atoms with Crippen LogP contribution in [0, 0.1) is 11.3 Å². The zero-order valence-electron chi connectivity index (χ0n) is 16.7. The van der Waals surface area contributed by atoms with Crippen LogP contribution in [-0.2, 0) is 11.4 Å². The molecule has 0 fully saturated rings. The first-order chi connectivity index (χ1) is 15.0. The molecule has 0 saturated heterocycles. The number of anilines is 1. The van der Waals surface area contributed by atoms with Gasteiger partial charge in [-0.05, 0) is 29.8 Å². The number of phenolic OH excluding ortho intramolecular Hbond substituents is 1. The molecular formula is C22H19N3O6. The highest BCUT2D eigenvalue weighted by Crippen LogP contribution is 2.46. The molecule has 1 aliphatic rings. The van der Waals surface area contributed by atoms with Crippen LogP contribution in [0.15, 0.2) is 36.4 Å². The second-order valence-corrected chi connectivity index (χ2v) is 6.31. The summed E-state index contributed by atoms with van der Waals surface area (Å²) in [5, 5.41) is 26.9. The minimum atomic E-state index is -0.250. The van der Waals surface area contributed by atoms with Crippen LogP contribution in [0.2, 0.25) is 0 Å². The molecule has 31 heavy (non-hydrogen) atoms. The third kappa shape index (κ3) is 3.74. The van der Waals surface area contributed by atoms with Gasteiger partial charge in [-0.3, -0.25) is 4.79 Å². The molecule has 0 atom stereocenters. The molecule has 9 heteroatoms. The van der Waals surface area contributed by atoms with Gasteiger partial charge in [0.1, 0.15) is 29.8 Å². The lowest BCUT2D eigenvalue weighted by Crippen LogP contribution is -2.12. The van der Waals surface area contributed by atoms with Crippen LogP contribution >= 0.6 is 0 Å². The lowest BCUT2D eigenvalue weighted by molar-refractivity contribution is -0.122. The van der Waals surface area contributed by atoms with E-state index in [-0.39, 0.29) is 41.7 Å². The van der Waals surface area contributed by atoms with Gasteiger partial charge in [0.25, 0.3) is 6.47 Å². The van der Waals surface area contributed by atoms with E-state index in [2.05, 4.69) is 11.1 Å². The number of carbonyl (C=O) groups is 1. The number of nitrogens with two attached hydrogens (primary N) is 1. The normalized spacial score (nSPS) is 10.9. The molecule has 4 N–H and O–H groups in total. The molecule has 4 rings (SSSR count). The Balaban J connectivity index is 0.000000858. The van der Waals surface area contributed by atoms with Crippen LogP contribution in [0.25, 0.3) is 22.4 Å². The molecule has 2 heterocycles. The van der Waals surface area contributed by atoms with Crippen molar-refractivity contribution >= 4 is 12.3 Å². The summed E-state index contributed by atoms with van der Waals surface area (Å²) in [4.78, 5) is 12.8. The Hall–Kier alpha value is -4.45. The highest BCUT2D eigenvalue weighted by atomic mass is 16.5. The third-order valence-electron chi connectivity index (χ3n) is 4.72. The van der Waals surface area contributed by atoms with Gasteiger partial charge >= 0.3 is 0 Å². The Labute approximate surface area is 177 Å². The highest BCUT2D eigenvalue weighted by molar-refractivity contribution is 5.87. The van der Waals surface area contributed by atoms with E-state index in [4.69, 9.17) is 29.8 Å². The monoisotopic (exact) mass is 421 g/mol. The summed E-state index contributed by atoms with van der Waals surface area (Å²) in [5.74, 6) is 1.15. The maximum atomic E-state index is 10.2. The van der Waals surface area contributed by atoms with Crippen LogP contribution in [-0.4, -0.2) is 35.9 Å². The Morgan fingerprint density at radius 3 is 2.42 bits per heavy atom. The van der Waals surface area contributed by atoms with Crippen LogP contribution < -0.4 is 19.9 Å². The number of fused-ring (bicyclic) bond motifs is 3. The van der Waals surface area contributed by atoms with E-state index < -0.39 is 0 Å². The van der Waals surface area contributed by atoms with Crippen molar-refractivity contribution in [3.63, 3.8) is 0 Å². The van der Waals surface area contributed by atoms with Crippen molar-refractivity contribution in [1.82, 2.24) is 4.98 Å². The maximum Gasteiger partial charge on any atom is 0.290 e. The lowest BCUT2D eigenvalue weighted by Gasteiger charge is -2.24. The van der Waals surface area contributed by atoms with Gasteiger partial charge in [-0.2, -0.15) is 5.26 Å². The first kappa shape index (κ1) is 21.3. The summed E-state index contributed by atoms with van der Waals surface area (Å²) in [6.07, 6.45) is 0. The smallest absolute Gasteiger partial charge is 0.290 e. The fraction of sp³-hybridized carbons (Fsp3) is 0.136. The number of aromatic nitrogens is 1. The number of nitriles is 1. The minimum absolute atomic E-state index is 0.121. The summed E-state index contributed by atoms with van der Waals surface area (Å²) in [6.45, 7) is -0.0187. The first-order valence-corrected chi connectivity index (χ1v) is 8.98. The van der Waals surface area contributed by atoms with Crippen molar-refractivity contribution in [2.24, 2.45) is 0 Å². The Morgan fingerprint density at radius 2 is 1.84 bits per heavy atom. The Morgan fingerprint density at radius 1 is 1.23 bits per heavy atom. The summed E-state index contributed by atoms with van der Waals surface area (Å²) in [6, 6.07) is 12.9. The fourth-order valence-electron chi connectivity index (χ4n) is 3.41. The number of nitrogen functional groups attached to an aromatic ring is 1. The van der Waals surface area contributed by atoms with Crippen LogP contribution in [0.5, 0.6) is 23.0 Å². The number of phenols is 1. The second-order valence-electron chi connectivity index (χ2n) is 6.31. The summed E-state index contributed by atoms with van der Waals surface area (Å²) >= 11 is 0. The molecule has 158 valence electrons. The van der Waals surface area contributed by atoms with Gasteiger partial charge in [0.2, 0.25) is 5.75 Å².